The molecule has 8 heteroatoms. The van der Waals surface area contributed by atoms with Crippen LogP contribution >= 0.6 is 0 Å². The van der Waals surface area contributed by atoms with E-state index in [0.717, 1.165) is 11.1 Å². The predicted octanol–water partition coefficient (Wildman–Crippen LogP) is 7.71. The van der Waals surface area contributed by atoms with E-state index in [0.29, 0.717) is 46.8 Å². The lowest BCUT2D eigenvalue weighted by molar-refractivity contribution is 0.0989. The summed E-state index contributed by atoms with van der Waals surface area (Å²) in [7, 11) is 1.77. The lowest BCUT2D eigenvalue weighted by atomic mass is 10.0. The van der Waals surface area contributed by atoms with Crippen molar-refractivity contribution in [2.45, 2.75) is 26.4 Å². The number of benzene rings is 3. The van der Waals surface area contributed by atoms with Crippen LogP contribution in [0.2, 0.25) is 0 Å². The van der Waals surface area contributed by atoms with Crippen LogP contribution in [-0.4, -0.2) is 25.3 Å². The average molecular weight is 562 g/mol. The molecule has 0 aliphatic rings. The monoisotopic (exact) mass is 561 g/mol. The van der Waals surface area contributed by atoms with Gasteiger partial charge in [0.2, 0.25) is 0 Å². The maximum absolute atomic E-state index is 15.6. The Hall–Kier alpha value is -5.11. The van der Waals surface area contributed by atoms with Crippen LogP contribution in [0.3, 0.4) is 0 Å². The van der Waals surface area contributed by atoms with Gasteiger partial charge in [-0.15, -0.1) is 0 Å². The number of anilines is 1. The highest BCUT2D eigenvalue weighted by atomic mass is 19.1. The number of rotatable bonds is 9. The number of carbonyl (C=O) groups is 1. The van der Waals surface area contributed by atoms with Gasteiger partial charge in [-0.1, -0.05) is 67.6 Å². The molecule has 1 N–H and O–H groups in total. The van der Waals surface area contributed by atoms with Crippen molar-refractivity contribution in [1.82, 2.24) is 19.5 Å². The number of hydrogen-bond donors (Lipinski definition) is 1. The van der Waals surface area contributed by atoms with Crippen LogP contribution in [0, 0.1) is 11.6 Å². The summed E-state index contributed by atoms with van der Waals surface area (Å²) in [6.07, 6.45) is 5.14. The minimum absolute atomic E-state index is 0.103. The number of H-pyrrole nitrogens is 1. The van der Waals surface area contributed by atoms with Gasteiger partial charge in [0.05, 0.1) is 16.8 Å². The zero-order valence-electron chi connectivity index (χ0n) is 23.3. The quantitative estimate of drug-likeness (QED) is 0.184. The van der Waals surface area contributed by atoms with Crippen molar-refractivity contribution in [2.24, 2.45) is 7.05 Å². The minimum Gasteiger partial charge on any atom is -0.351 e. The topological polar surface area (TPSA) is 66.8 Å². The van der Waals surface area contributed by atoms with Gasteiger partial charge in [0.15, 0.2) is 11.6 Å². The number of nitrogens with one attached hydrogen (secondary N) is 1. The summed E-state index contributed by atoms with van der Waals surface area (Å²) in [4.78, 5) is 27.3. The molecule has 0 aliphatic carbocycles. The number of fused-ring (bicyclic) bond motifs is 1. The van der Waals surface area contributed by atoms with Gasteiger partial charge in [0.25, 0.3) is 0 Å². The van der Waals surface area contributed by atoms with E-state index in [1.807, 2.05) is 60.7 Å². The molecule has 0 unspecified atom stereocenters. The SMILES string of the molecule is CCC(=O)c1cnc(N(Cc2ccccc2)Cc2ccccc2)c2[nH]c(-c3c(F)cc(-c4nccn4C)cc3F)cc12. The Balaban J connectivity index is 1.51. The molecule has 42 heavy (non-hydrogen) atoms. The number of imidazole rings is 1. The van der Waals surface area contributed by atoms with Crippen molar-refractivity contribution in [1.29, 1.82) is 0 Å². The standard InChI is InChI=1S/C34H29F2N5O/c1-3-30(42)26-19-38-34(41(20-22-10-6-4-7-11-22)21-23-12-8-5-9-13-23)32-25(26)18-29(39-32)31-27(35)16-24(17-28(31)36)33-37-14-15-40(33)2/h4-19,39H,3,20-21H2,1-2H3. The number of ketones is 1. The molecule has 0 aliphatic heterocycles. The highest BCUT2D eigenvalue weighted by Gasteiger charge is 2.23. The lowest BCUT2D eigenvalue weighted by Gasteiger charge is -2.25. The Bertz CT molecular complexity index is 1810. The summed E-state index contributed by atoms with van der Waals surface area (Å²) in [6, 6.07) is 24.2. The van der Waals surface area contributed by atoms with E-state index in [1.165, 1.54) is 12.1 Å². The highest BCUT2D eigenvalue weighted by molar-refractivity contribution is 6.10. The van der Waals surface area contributed by atoms with Gasteiger partial charge in [0.1, 0.15) is 17.5 Å². The van der Waals surface area contributed by atoms with Gasteiger partial charge in [-0.25, -0.2) is 18.7 Å². The maximum atomic E-state index is 15.6. The third-order valence-corrected chi connectivity index (χ3v) is 7.39. The van der Waals surface area contributed by atoms with Crippen LogP contribution in [0.4, 0.5) is 14.6 Å². The largest absolute Gasteiger partial charge is 0.351 e. The van der Waals surface area contributed by atoms with Crippen molar-refractivity contribution >= 4 is 22.5 Å². The first-order valence-electron chi connectivity index (χ1n) is 13.8. The van der Waals surface area contributed by atoms with Crippen molar-refractivity contribution in [2.75, 3.05) is 4.90 Å². The molecular formula is C34H29F2N5O. The van der Waals surface area contributed by atoms with Gasteiger partial charge in [-0.3, -0.25) is 4.79 Å². The zero-order chi connectivity index (χ0) is 29.2. The van der Waals surface area contributed by atoms with E-state index < -0.39 is 11.6 Å². The summed E-state index contributed by atoms with van der Waals surface area (Å²) in [6.45, 7) is 2.85. The Morgan fingerprint density at radius 2 is 1.52 bits per heavy atom. The lowest BCUT2D eigenvalue weighted by Crippen LogP contribution is -2.23. The van der Waals surface area contributed by atoms with Crippen LogP contribution in [0.1, 0.15) is 34.8 Å². The number of halogens is 2. The van der Waals surface area contributed by atoms with E-state index in [4.69, 9.17) is 4.98 Å². The Morgan fingerprint density at radius 3 is 2.07 bits per heavy atom. The van der Waals surface area contributed by atoms with Crippen molar-refractivity contribution in [3.8, 4) is 22.6 Å². The van der Waals surface area contributed by atoms with Gasteiger partial charge < -0.3 is 14.5 Å². The molecule has 6 aromatic rings. The number of aromatic nitrogens is 4. The fourth-order valence-corrected chi connectivity index (χ4v) is 5.31. The number of nitrogens with zero attached hydrogens (tertiary/aromatic N) is 4. The predicted molar refractivity (Wildman–Crippen MR) is 161 cm³/mol. The van der Waals surface area contributed by atoms with Crippen molar-refractivity contribution in [3.05, 3.63) is 126 Å². The van der Waals surface area contributed by atoms with Gasteiger partial charge in [-0.2, -0.15) is 0 Å². The zero-order valence-corrected chi connectivity index (χ0v) is 23.3. The summed E-state index contributed by atoms with van der Waals surface area (Å²) >= 11 is 0. The van der Waals surface area contributed by atoms with Gasteiger partial charge >= 0.3 is 0 Å². The maximum Gasteiger partial charge on any atom is 0.164 e. The molecule has 0 amide bonds. The van der Waals surface area contributed by atoms with E-state index in [1.54, 1.807) is 43.2 Å². The van der Waals surface area contributed by atoms with E-state index in [-0.39, 0.29) is 23.5 Å². The molecule has 0 fully saturated rings. The smallest absolute Gasteiger partial charge is 0.164 e. The van der Waals surface area contributed by atoms with Crippen molar-refractivity contribution in [3.63, 3.8) is 0 Å². The number of aromatic amines is 1. The summed E-state index contributed by atoms with van der Waals surface area (Å²) in [5, 5.41) is 0.569. The minimum atomic E-state index is -0.733. The first kappa shape index (κ1) is 27.1. The first-order valence-corrected chi connectivity index (χ1v) is 13.8. The van der Waals surface area contributed by atoms with Gasteiger partial charge in [-0.05, 0) is 29.3 Å². The van der Waals surface area contributed by atoms with Gasteiger partial charge in [0, 0.05) is 61.7 Å². The molecule has 6 nitrogen and oxygen atoms in total. The van der Waals surface area contributed by atoms with Crippen molar-refractivity contribution < 1.29 is 13.6 Å². The summed E-state index contributed by atoms with van der Waals surface area (Å²) in [5.41, 5.74) is 3.45. The normalized spacial score (nSPS) is 11.2. The van der Waals surface area contributed by atoms with Crippen LogP contribution in [0.25, 0.3) is 33.5 Å². The molecule has 3 heterocycles. The molecular weight excluding hydrogens is 532 g/mol. The molecule has 0 spiro atoms. The molecule has 210 valence electrons. The fraction of sp³-hybridized carbons (Fsp3) is 0.147. The summed E-state index contributed by atoms with van der Waals surface area (Å²) < 4.78 is 32.9. The molecule has 0 radical (unpaired) electrons. The third kappa shape index (κ3) is 5.19. The fourth-order valence-electron chi connectivity index (χ4n) is 5.31. The molecule has 3 aromatic heterocycles. The van der Waals surface area contributed by atoms with Crippen LogP contribution < -0.4 is 4.90 Å². The number of carbonyl (C=O) groups excluding carboxylic acids is 1. The first-order chi connectivity index (χ1) is 20.4. The van der Waals surface area contributed by atoms with E-state index >= 15 is 8.78 Å². The molecule has 0 saturated carbocycles. The number of aryl methyl sites for hydroxylation is 1. The Labute approximate surface area is 242 Å². The number of hydrogen-bond acceptors (Lipinski definition) is 4. The van der Waals surface area contributed by atoms with Crippen LogP contribution in [0.5, 0.6) is 0 Å². The second kappa shape index (κ2) is 11.4. The number of pyridine rings is 1. The molecule has 3 aromatic carbocycles. The molecule has 0 bridgehead atoms. The molecule has 0 atom stereocenters. The van der Waals surface area contributed by atoms with E-state index in [9.17, 15) is 4.79 Å². The highest BCUT2D eigenvalue weighted by Crippen LogP contribution is 2.36. The second-order valence-electron chi connectivity index (χ2n) is 10.2. The molecule has 0 saturated heterocycles. The van der Waals surface area contributed by atoms with Crippen LogP contribution in [-0.2, 0) is 20.1 Å². The second-order valence-corrected chi connectivity index (χ2v) is 10.2. The summed E-state index contributed by atoms with van der Waals surface area (Å²) in [5.74, 6) is -0.531. The third-order valence-electron chi connectivity index (χ3n) is 7.39. The van der Waals surface area contributed by atoms with Crippen LogP contribution in [0.15, 0.2) is 97.5 Å². The number of Topliss-reactive ketones (excluding diaryl/α,β-unsaturated/α-hetero) is 1. The van der Waals surface area contributed by atoms with E-state index in [2.05, 4.69) is 14.9 Å². The average Bonchev–Trinajstić information content (AvgIpc) is 3.63. The Morgan fingerprint density at radius 1 is 0.905 bits per heavy atom. The molecule has 6 rings (SSSR count). The Kier molecular flexibility index (Phi) is 7.35.